The summed E-state index contributed by atoms with van der Waals surface area (Å²) in [5.41, 5.74) is 0.0930. The molecular formula is C23H26N2O7. The third-order valence-electron chi connectivity index (χ3n) is 4.19. The number of amides is 2. The summed E-state index contributed by atoms with van der Waals surface area (Å²) in [7, 11) is 0. The van der Waals surface area contributed by atoms with Crippen molar-refractivity contribution in [2.45, 2.75) is 26.4 Å². The predicted octanol–water partition coefficient (Wildman–Crippen LogP) is 3.38. The maximum atomic E-state index is 12.4. The van der Waals surface area contributed by atoms with Gasteiger partial charge < -0.3 is 18.9 Å². The molecule has 0 aliphatic carbocycles. The minimum atomic E-state index is -0.655. The molecule has 2 aromatic rings. The van der Waals surface area contributed by atoms with Crippen LogP contribution in [0.15, 0.2) is 48.5 Å². The first-order valence-corrected chi connectivity index (χ1v) is 10.1. The van der Waals surface area contributed by atoms with Crippen LogP contribution in [0.4, 0.5) is 16.2 Å². The first-order valence-electron chi connectivity index (χ1n) is 10.1. The van der Waals surface area contributed by atoms with Crippen LogP contribution < -0.4 is 19.7 Å². The van der Waals surface area contributed by atoms with Gasteiger partial charge in [-0.15, -0.1) is 0 Å². The molecule has 2 amide bonds. The Balaban J connectivity index is 1.59. The zero-order chi connectivity index (χ0) is 23.1. The minimum Gasteiger partial charge on any atom is -0.490 e. The Bertz CT molecular complexity index is 970. The number of anilines is 2. The molecule has 9 nitrogen and oxygen atoms in total. The van der Waals surface area contributed by atoms with E-state index in [1.807, 2.05) is 18.2 Å². The van der Waals surface area contributed by atoms with E-state index in [1.165, 1.54) is 4.90 Å². The summed E-state index contributed by atoms with van der Waals surface area (Å²) in [5, 5.41) is 2.61. The smallest absolute Gasteiger partial charge is 0.412 e. The zero-order valence-corrected chi connectivity index (χ0v) is 18.3. The number of nitrogens with zero attached hydrogens (tertiary/aromatic N) is 1. The standard InChI is InChI=1S/C23H26N2O7/c1-23(2,3)32-22(28)24-16-9-10-19-18(13-16)25(20(26)15-31-19)14-21(27)30-12-11-29-17-7-5-4-6-8-17/h4-10,13H,11-12,14-15H2,1-3H3,(H,24,28). The van der Waals surface area contributed by atoms with E-state index in [1.54, 1.807) is 51.1 Å². The normalized spacial score (nSPS) is 13.0. The predicted molar refractivity (Wildman–Crippen MR) is 117 cm³/mol. The first-order chi connectivity index (χ1) is 15.2. The second-order valence-electron chi connectivity index (χ2n) is 7.96. The Morgan fingerprint density at radius 1 is 1.09 bits per heavy atom. The SMILES string of the molecule is CC(C)(C)OC(=O)Nc1ccc2c(c1)N(CC(=O)OCCOc1ccccc1)C(=O)CO2. The fraction of sp³-hybridized carbons (Fsp3) is 0.348. The fourth-order valence-corrected chi connectivity index (χ4v) is 2.88. The molecule has 0 radical (unpaired) electrons. The van der Waals surface area contributed by atoms with Gasteiger partial charge >= 0.3 is 12.1 Å². The molecule has 0 atom stereocenters. The molecule has 170 valence electrons. The molecule has 3 rings (SSSR count). The number of nitrogens with one attached hydrogen (secondary N) is 1. The van der Waals surface area contributed by atoms with Gasteiger partial charge in [-0.25, -0.2) is 4.79 Å². The number of rotatable bonds is 7. The molecule has 0 saturated carbocycles. The number of fused-ring (bicyclic) bond motifs is 1. The van der Waals surface area contributed by atoms with Gasteiger partial charge in [0.05, 0.1) is 5.69 Å². The molecule has 0 unspecified atom stereocenters. The third kappa shape index (κ3) is 6.63. The number of hydrogen-bond donors (Lipinski definition) is 1. The van der Waals surface area contributed by atoms with Crippen molar-refractivity contribution in [1.82, 2.24) is 0 Å². The van der Waals surface area contributed by atoms with Gasteiger partial charge in [-0.2, -0.15) is 0 Å². The van der Waals surface area contributed by atoms with Crippen LogP contribution in [0, 0.1) is 0 Å². The van der Waals surface area contributed by atoms with Crippen LogP contribution in [0.3, 0.4) is 0 Å². The van der Waals surface area contributed by atoms with Gasteiger partial charge in [0.2, 0.25) is 0 Å². The lowest BCUT2D eigenvalue weighted by molar-refractivity contribution is -0.143. The van der Waals surface area contributed by atoms with E-state index in [0.29, 0.717) is 22.9 Å². The summed E-state index contributed by atoms with van der Waals surface area (Å²) in [5.74, 6) is 0.100. The van der Waals surface area contributed by atoms with E-state index >= 15 is 0 Å². The number of esters is 1. The maximum Gasteiger partial charge on any atom is 0.412 e. The van der Waals surface area contributed by atoms with Crippen LogP contribution in [0.1, 0.15) is 20.8 Å². The molecule has 0 aromatic heterocycles. The van der Waals surface area contributed by atoms with Gasteiger partial charge in [-0.05, 0) is 51.1 Å². The van der Waals surface area contributed by atoms with Crippen LogP contribution in [0.5, 0.6) is 11.5 Å². The highest BCUT2D eigenvalue weighted by atomic mass is 16.6. The van der Waals surface area contributed by atoms with Gasteiger partial charge in [0.1, 0.15) is 36.9 Å². The van der Waals surface area contributed by atoms with Crippen LogP contribution in [-0.4, -0.2) is 49.9 Å². The van der Waals surface area contributed by atoms with Crippen molar-refractivity contribution in [3.05, 3.63) is 48.5 Å². The fourth-order valence-electron chi connectivity index (χ4n) is 2.88. The van der Waals surface area contributed by atoms with E-state index in [-0.39, 0.29) is 26.4 Å². The first kappa shape index (κ1) is 22.9. The van der Waals surface area contributed by atoms with E-state index < -0.39 is 23.6 Å². The molecule has 1 aliphatic rings. The van der Waals surface area contributed by atoms with Crippen molar-refractivity contribution >= 4 is 29.3 Å². The van der Waals surface area contributed by atoms with E-state index in [2.05, 4.69) is 5.32 Å². The highest BCUT2D eigenvalue weighted by Crippen LogP contribution is 2.34. The highest BCUT2D eigenvalue weighted by Gasteiger charge is 2.28. The van der Waals surface area contributed by atoms with E-state index in [0.717, 1.165) is 0 Å². The summed E-state index contributed by atoms with van der Waals surface area (Å²) in [4.78, 5) is 38.0. The highest BCUT2D eigenvalue weighted by molar-refractivity contribution is 6.02. The number of carbonyl (C=O) groups excluding carboxylic acids is 3. The number of para-hydroxylation sites is 1. The monoisotopic (exact) mass is 442 g/mol. The van der Waals surface area contributed by atoms with Crippen molar-refractivity contribution < 1.29 is 33.3 Å². The molecule has 0 bridgehead atoms. The third-order valence-corrected chi connectivity index (χ3v) is 4.19. The van der Waals surface area contributed by atoms with Crippen LogP contribution in [-0.2, 0) is 19.1 Å². The quantitative estimate of drug-likeness (QED) is 0.518. The number of benzene rings is 2. The molecular weight excluding hydrogens is 416 g/mol. The van der Waals surface area contributed by atoms with Gasteiger partial charge in [-0.1, -0.05) is 18.2 Å². The van der Waals surface area contributed by atoms with Crippen LogP contribution in [0.25, 0.3) is 0 Å². The van der Waals surface area contributed by atoms with Crippen molar-refractivity contribution in [2.75, 3.05) is 36.6 Å². The summed E-state index contributed by atoms with van der Waals surface area (Å²) in [6, 6.07) is 13.9. The number of hydrogen-bond acceptors (Lipinski definition) is 7. The van der Waals surface area contributed by atoms with Crippen molar-refractivity contribution in [3.63, 3.8) is 0 Å². The molecule has 0 saturated heterocycles. The lowest BCUT2D eigenvalue weighted by Crippen LogP contribution is -2.42. The Kier molecular flexibility index (Phi) is 7.19. The lowest BCUT2D eigenvalue weighted by atomic mass is 10.2. The Morgan fingerprint density at radius 3 is 2.56 bits per heavy atom. The average Bonchev–Trinajstić information content (AvgIpc) is 2.73. The summed E-state index contributed by atoms with van der Waals surface area (Å²) in [6.07, 6.45) is -0.634. The molecule has 1 aliphatic heterocycles. The van der Waals surface area contributed by atoms with Crippen molar-refractivity contribution in [1.29, 1.82) is 0 Å². The van der Waals surface area contributed by atoms with E-state index in [9.17, 15) is 14.4 Å². The summed E-state index contributed by atoms with van der Waals surface area (Å²) >= 11 is 0. The molecule has 2 aromatic carbocycles. The molecule has 0 fully saturated rings. The summed E-state index contributed by atoms with van der Waals surface area (Å²) in [6.45, 7) is 5.00. The topological polar surface area (TPSA) is 103 Å². The molecule has 0 spiro atoms. The van der Waals surface area contributed by atoms with Gasteiger partial charge in [0.25, 0.3) is 5.91 Å². The largest absolute Gasteiger partial charge is 0.490 e. The molecule has 1 N–H and O–H groups in total. The van der Waals surface area contributed by atoms with Crippen LogP contribution in [0.2, 0.25) is 0 Å². The van der Waals surface area contributed by atoms with Gasteiger partial charge in [-0.3, -0.25) is 19.8 Å². The average molecular weight is 442 g/mol. The van der Waals surface area contributed by atoms with E-state index in [4.69, 9.17) is 18.9 Å². The Labute approximate surface area is 186 Å². The second-order valence-corrected chi connectivity index (χ2v) is 7.96. The molecule has 1 heterocycles. The zero-order valence-electron chi connectivity index (χ0n) is 18.3. The lowest BCUT2D eigenvalue weighted by Gasteiger charge is -2.29. The minimum absolute atomic E-state index is 0.0410. The Morgan fingerprint density at radius 2 is 1.84 bits per heavy atom. The molecule has 9 heteroatoms. The van der Waals surface area contributed by atoms with Crippen molar-refractivity contribution in [3.8, 4) is 11.5 Å². The van der Waals surface area contributed by atoms with Crippen molar-refractivity contribution in [2.24, 2.45) is 0 Å². The van der Waals surface area contributed by atoms with Gasteiger partial charge in [0, 0.05) is 5.69 Å². The second kappa shape index (κ2) is 10.0. The number of ether oxygens (including phenoxy) is 4. The molecule has 32 heavy (non-hydrogen) atoms. The summed E-state index contributed by atoms with van der Waals surface area (Å²) < 4.78 is 21.3. The Hall–Kier alpha value is -3.75. The van der Waals surface area contributed by atoms with Crippen LogP contribution >= 0.6 is 0 Å². The van der Waals surface area contributed by atoms with Gasteiger partial charge in [0.15, 0.2) is 6.61 Å². The number of carbonyl (C=O) groups is 3. The maximum absolute atomic E-state index is 12.4.